The van der Waals surface area contributed by atoms with Gasteiger partial charge in [0.15, 0.2) is 23.1 Å². The number of halogens is 1. The number of hydrogen-bond acceptors (Lipinski definition) is 7. The lowest BCUT2D eigenvalue weighted by Gasteiger charge is -2.26. The van der Waals surface area contributed by atoms with Gasteiger partial charge in [0.05, 0.1) is 36.0 Å². The maximum absolute atomic E-state index is 15.5. The van der Waals surface area contributed by atoms with Crippen molar-refractivity contribution >= 4 is 33.4 Å². The number of nitrogens with one attached hydrogen (secondary N) is 1. The van der Waals surface area contributed by atoms with Gasteiger partial charge in [-0.05, 0) is 75.7 Å². The van der Waals surface area contributed by atoms with Gasteiger partial charge in [-0.2, -0.15) is 0 Å². The summed E-state index contributed by atoms with van der Waals surface area (Å²) >= 11 is 0. The quantitative estimate of drug-likeness (QED) is 0.138. The van der Waals surface area contributed by atoms with Crippen molar-refractivity contribution in [2.45, 2.75) is 32.6 Å². The van der Waals surface area contributed by atoms with Crippen LogP contribution in [0.1, 0.15) is 41.6 Å². The van der Waals surface area contributed by atoms with Gasteiger partial charge in [-0.15, -0.1) is 0 Å². The zero-order valence-corrected chi connectivity index (χ0v) is 28.2. The first-order valence-corrected chi connectivity index (χ1v) is 17.0. The molecule has 0 aliphatic carbocycles. The smallest absolute Gasteiger partial charge is 0.256 e. The number of likely N-dealkylation sites (tertiary alicyclic amines) is 1. The molecule has 0 atom stereocenters. The summed E-state index contributed by atoms with van der Waals surface area (Å²) in [5, 5.41) is 4.21. The van der Waals surface area contributed by atoms with E-state index in [0.717, 1.165) is 37.2 Å². The molecule has 4 aromatic carbocycles. The minimum absolute atomic E-state index is 0.00326. The molecule has 0 radical (unpaired) electrons. The average molecular weight is 671 g/mol. The molecule has 7 rings (SSSR count). The lowest BCUT2D eigenvalue weighted by atomic mass is 10.0. The summed E-state index contributed by atoms with van der Waals surface area (Å²) in [5.74, 6) is 0.551. The first-order valence-electron chi connectivity index (χ1n) is 17.0. The maximum Gasteiger partial charge on any atom is 0.256 e. The fourth-order valence-electron chi connectivity index (χ4n) is 6.36. The number of fused-ring (bicyclic) bond motifs is 2. The zero-order chi connectivity index (χ0) is 34.5. The summed E-state index contributed by atoms with van der Waals surface area (Å²) in [6.07, 6.45) is 6.37. The van der Waals surface area contributed by atoms with E-state index in [9.17, 15) is 4.79 Å². The standard InChI is InChI=1S/C41H39FN4O4/c1-27-11-13-28(14-12-27)35-24-31(30-9-4-5-10-34(30)45-35)41(47)44-29-15-16-38(33(42)23-29)50-37-17-18-43-36-26-40(39(48-2)25-32(36)37)49-22-8-21-46-19-6-3-7-20-46/h4-5,9-18,23-26H,3,6-8,19-22H2,1-2H3,(H,44,47). The molecular formula is C41H39FN4O4. The number of nitrogens with zero attached hydrogens (tertiary/aromatic N) is 3. The minimum atomic E-state index is -0.631. The number of rotatable bonds is 11. The van der Waals surface area contributed by atoms with Gasteiger partial charge in [-0.3, -0.25) is 9.78 Å². The Morgan fingerprint density at radius 1 is 0.840 bits per heavy atom. The normalized spacial score (nSPS) is 13.3. The Kier molecular flexibility index (Phi) is 9.84. The van der Waals surface area contributed by atoms with Crippen LogP contribution in [0.3, 0.4) is 0 Å². The molecule has 2 aromatic heterocycles. The fourth-order valence-corrected chi connectivity index (χ4v) is 6.36. The summed E-state index contributed by atoms with van der Waals surface area (Å²) in [4.78, 5) is 25.4. The summed E-state index contributed by atoms with van der Waals surface area (Å²) in [7, 11) is 1.59. The molecule has 0 bridgehead atoms. The van der Waals surface area contributed by atoms with E-state index in [1.807, 2.05) is 61.5 Å². The number of ether oxygens (including phenoxy) is 3. The highest BCUT2D eigenvalue weighted by Crippen LogP contribution is 2.38. The molecule has 1 aliphatic rings. The predicted octanol–water partition coefficient (Wildman–Crippen LogP) is 9.21. The summed E-state index contributed by atoms with van der Waals surface area (Å²) < 4.78 is 33.3. The van der Waals surface area contributed by atoms with Gasteiger partial charge in [0.2, 0.25) is 0 Å². The molecule has 1 N–H and O–H groups in total. The molecule has 254 valence electrons. The monoisotopic (exact) mass is 670 g/mol. The third-order valence-corrected chi connectivity index (χ3v) is 9.03. The van der Waals surface area contributed by atoms with Crippen LogP contribution >= 0.6 is 0 Å². The first-order chi connectivity index (χ1) is 24.4. The Bertz CT molecular complexity index is 2150. The molecule has 1 amide bonds. The molecule has 1 aliphatic heterocycles. The van der Waals surface area contributed by atoms with E-state index in [1.54, 1.807) is 37.6 Å². The molecule has 9 heteroatoms. The van der Waals surface area contributed by atoms with Crippen LogP contribution in [0.15, 0.2) is 97.2 Å². The number of aryl methyl sites for hydroxylation is 1. The van der Waals surface area contributed by atoms with E-state index in [4.69, 9.17) is 19.2 Å². The molecule has 0 saturated carbocycles. The average Bonchev–Trinajstić information content (AvgIpc) is 3.14. The van der Waals surface area contributed by atoms with Gasteiger partial charge in [0, 0.05) is 46.9 Å². The number of pyridine rings is 2. The number of anilines is 1. The largest absolute Gasteiger partial charge is 0.493 e. The van der Waals surface area contributed by atoms with Crippen molar-refractivity contribution in [1.29, 1.82) is 0 Å². The molecule has 8 nitrogen and oxygen atoms in total. The second-order valence-corrected chi connectivity index (χ2v) is 12.6. The number of carbonyl (C=O) groups is 1. The van der Waals surface area contributed by atoms with Crippen LogP contribution in [0.4, 0.5) is 10.1 Å². The number of benzene rings is 4. The molecule has 1 fully saturated rings. The van der Waals surface area contributed by atoms with Crippen LogP contribution in [0, 0.1) is 12.7 Å². The lowest BCUT2D eigenvalue weighted by Crippen LogP contribution is -2.31. The Hall–Kier alpha value is -5.54. The molecule has 0 unspecified atom stereocenters. The van der Waals surface area contributed by atoms with Crippen LogP contribution < -0.4 is 19.5 Å². The second kappa shape index (κ2) is 14.9. The predicted molar refractivity (Wildman–Crippen MR) is 195 cm³/mol. The lowest BCUT2D eigenvalue weighted by molar-refractivity contribution is 0.102. The number of hydrogen-bond donors (Lipinski definition) is 1. The topological polar surface area (TPSA) is 85.8 Å². The van der Waals surface area contributed by atoms with Crippen LogP contribution in [-0.4, -0.2) is 54.1 Å². The van der Waals surface area contributed by atoms with Gasteiger partial charge in [-0.1, -0.05) is 54.4 Å². The van der Waals surface area contributed by atoms with E-state index in [2.05, 4.69) is 15.2 Å². The number of carbonyl (C=O) groups excluding carboxylic acids is 1. The molecule has 1 saturated heterocycles. The second-order valence-electron chi connectivity index (χ2n) is 12.6. The van der Waals surface area contributed by atoms with Crippen LogP contribution in [0.5, 0.6) is 23.0 Å². The van der Waals surface area contributed by atoms with Gasteiger partial charge >= 0.3 is 0 Å². The highest BCUT2D eigenvalue weighted by Gasteiger charge is 2.18. The summed E-state index contributed by atoms with van der Waals surface area (Å²) in [6, 6.07) is 26.9. The third-order valence-electron chi connectivity index (χ3n) is 9.03. The number of piperidine rings is 1. The third kappa shape index (κ3) is 7.38. The Balaban J connectivity index is 1.07. The Labute approximate surface area is 290 Å². The Morgan fingerprint density at radius 2 is 1.66 bits per heavy atom. The number of para-hydroxylation sites is 1. The van der Waals surface area contributed by atoms with Crippen LogP contribution in [0.2, 0.25) is 0 Å². The molecule has 6 aromatic rings. The maximum atomic E-state index is 15.5. The van der Waals surface area contributed by atoms with Crippen molar-refractivity contribution in [3.8, 4) is 34.3 Å². The van der Waals surface area contributed by atoms with Gasteiger partial charge in [0.25, 0.3) is 5.91 Å². The van der Waals surface area contributed by atoms with Crippen molar-refractivity contribution in [3.05, 3.63) is 114 Å². The first kappa shape index (κ1) is 33.0. The number of methoxy groups -OCH3 is 1. The van der Waals surface area contributed by atoms with E-state index in [1.165, 1.54) is 31.4 Å². The van der Waals surface area contributed by atoms with E-state index < -0.39 is 5.82 Å². The van der Waals surface area contributed by atoms with E-state index in [0.29, 0.717) is 62.6 Å². The van der Waals surface area contributed by atoms with Crippen molar-refractivity contribution in [2.75, 3.05) is 38.7 Å². The zero-order valence-electron chi connectivity index (χ0n) is 28.2. The minimum Gasteiger partial charge on any atom is -0.493 e. The van der Waals surface area contributed by atoms with Gasteiger partial charge in [0.1, 0.15) is 5.75 Å². The molecular weight excluding hydrogens is 631 g/mol. The summed E-state index contributed by atoms with van der Waals surface area (Å²) in [5.41, 5.74) is 4.77. The van der Waals surface area contributed by atoms with E-state index in [-0.39, 0.29) is 11.7 Å². The van der Waals surface area contributed by atoms with Crippen molar-refractivity contribution in [2.24, 2.45) is 0 Å². The van der Waals surface area contributed by atoms with Crippen molar-refractivity contribution in [1.82, 2.24) is 14.9 Å². The Morgan fingerprint density at radius 3 is 2.46 bits per heavy atom. The van der Waals surface area contributed by atoms with E-state index >= 15 is 4.39 Å². The number of aromatic nitrogens is 2. The van der Waals surface area contributed by atoms with Crippen molar-refractivity contribution < 1.29 is 23.4 Å². The highest BCUT2D eigenvalue weighted by molar-refractivity contribution is 6.13. The van der Waals surface area contributed by atoms with Gasteiger partial charge in [-0.25, -0.2) is 9.37 Å². The highest BCUT2D eigenvalue weighted by atomic mass is 19.1. The molecule has 3 heterocycles. The van der Waals surface area contributed by atoms with Gasteiger partial charge < -0.3 is 24.4 Å². The SMILES string of the molecule is COc1cc2c(Oc3ccc(NC(=O)c4cc(-c5ccc(C)cc5)nc5ccccc45)cc3F)ccnc2cc1OCCCN1CCCCC1. The number of amides is 1. The molecule has 0 spiro atoms. The van der Waals surface area contributed by atoms with Crippen molar-refractivity contribution in [3.63, 3.8) is 0 Å². The summed E-state index contributed by atoms with van der Waals surface area (Å²) in [6.45, 7) is 5.90. The fraction of sp³-hybridized carbons (Fsp3) is 0.244. The van der Waals surface area contributed by atoms with Crippen LogP contribution in [0.25, 0.3) is 33.1 Å². The van der Waals surface area contributed by atoms with Crippen LogP contribution in [-0.2, 0) is 0 Å². The molecule has 50 heavy (non-hydrogen) atoms.